The fourth-order valence-corrected chi connectivity index (χ4v) is 2.35. The van der Waals surface area contributed by atoms with Crippen molar-refractivity contribution in [2.24, 2.45) is 0 Å². The number of hydrogen-bond acceptors (Lipinski definition) is 4. The minimum absolute atomic E-state index is 0.161. The van der Waals surface area contributed by atoms with Crippen molar-refractivity contribution >= 4 is 29.0 Å². The lowest BCUT2D eigenvalue weighted by Gasteiger charge is -2.05. The van der Waals surface area contributed by atoms with E-state index in [9.17, 15) is 9.90 Å². The van der Waals surface area contributed by atoms with E-state index >= 15 is 0 Å². The highest BCUT2D eigenvalue weighted by Crippen LogP contribution is 2.27. The number of methoxy groups -OCH3 is 1. The number of carboxylic acids is 1. The number of hydrogen-bond donors (Lipinski definition) is 2. The molecule has 24 heavy (non-hydrogen) atoms. The van der Waals surface area contributed by atoms with E-state index in [2.05, 4.69) is 4.98 Å². The van der Waals surface area contributed by atoms with Crippen LogP contribution in [-0.2, 0) is 0 Å². The number of fused-ring (bicyclic) bond motifs is 1. The molecule has 3 aromatic rings. The van der Waals surface area contributed by atoms with Gasteiger partial charge in [-0.15, -0.1) is 0 Å². The second-order valence-electron chi connectivity index (χ2n) is 5.18. The minimum Gasteiger partial charge on any atom is -0.505 e. The highest BCUT2D eigenvalue weighted by atomic mass is 16.5. The van der Waals surface area contributed by atoms with E-state index in [4.69, 9.17) is 9.84 Å². The summed E-state index contributed by atoms with van der Waals surface area (Å²) < 4.78 is 5.11. The molecule has 0 aliphatic carbocycles. The van der Waals surface area contributed by atoms with E-state index in [0.29, 0.717) is 11.1 Å². The van der Waals surface area contributed by atoms with Gasteiger partial charge in [-0.2, -0.15) is 0 Å². The van der Waals surface area contributed by atoms with E-state index in [1.54, 1.807) is 25.3 Å². The van der Waals surface area contributed by atoms with Crippen molar-refractivity contribution in [1.29, 1.82) is 0 Å². The first-order valence-corrected chi connectivity index (χ1v) is 7.26. The molecule has 0 aliphatic heterocycles. The Bertz CT molecular complexity index is 930. The van der Waals surface area contributed by atoms with Crippen LogP contribution in [0.15, 0.2) is 48.5 Å². The number of nitrogens with zero attached hydrogens (tertiary/aromatic N) is 1. The number of rotatable bonds is 4. The van der Waals surface area contributed by atoms with Gasteiger partial charge in [0.2, 0.25) is 0 Å². The van der Waals surface area contributed by atoms with Crippen LogP contribution in [0.5, 0.6) is 11.5 Å². The summed E-state index contributed by atoms with van der Waals surface area (Å²) in [5, 5.41) is 19.9. The minimum atomic E-state index is -1.18. The summed E-state index contributed by atoms with van der Waals surface area (Å²) in [4.78, 5) is 15.4. The predicted octanol–water partition coefficient (Wildman–Crippen LogP) is 3.82. The van der Waals surface area contributed by atoms with Gasteiger partial charge >= 0.3 is 5.97 Å². The third-order valence-corrected chi connectivity index (χ3v) is 3.65. The molecule has 0 fully saturated rings. The molecule has 0 amide bonds. The number of aromatic nitrogens is 1. The first kappa shape index (κ1) is 15.6. The largest absolute Gasteiger partial charge is 0.505 e. The van der Waals surface area contributed by atoms with Crippen LogP contribution in [-0.4, -0.2) is 28.3 Å². The summed E-state index contributed by atoms with van der Waals surface area (Å²) in [5.74, 6) is -0.725. The van der Waals surface area contributed by atoms with Gasteiger partial charge in [-0.05, 0) is 35.9 Å². The lowest BCUT2D eigenvalue weighted by Crippen LogP contribution is -1.97. The standard InChI is InChI=1S/C19H15NO4/c1-24-15-9-3-12(4-10-15)2-7-14-8-5-13-6-11-16(19(22)23)18(21)17(13)20-14/h2-11,21H,1H3,(H,22,23)/b7-2+. The van der Waals surface area contributed by atoms with Gasteiger partial charge in [-0.1, -0.05) is 30.3 Å². The van der Waals surface area contributed by atoms with Crippen LogP contribution in [0, 0.1) is 0 Å². The SMILES string of the molecule is COc1ccc(/C=C/c2ccc3ccc(C(=O)O)c(O)c3n2)cc1. The van der Waals surface area contributed by atoms with Crippen LogP contribution in [0.3, 0.4) is 0 Å². The first-order chi connectivity index (χ1) is 11.6. The number of aromatic carboxylic acids is 1. The fourth-order valence-electron chi connectivity index (χ4n) is 2.35. The molecule has 2 aromatic carbocycles. The van der Waals surface area contributed by atoms with Crippen molar-refractivity contribution in [2.75, 3.05) is 7.11 Å². The Kier molecular flexibility index (Phi) is 4.16. The summed E-state index contributed by atoms with van der Waals surface area (Å²) in [5.41, 5.74) is 1.70. The lowest BCUT2D eigenvalue weighted by molar-refractivity contribution is 0.0694. The van der Waals surface area contributed by atoms with Crippen molar-refractivity contribution in [3.05, 3.63) is 65.4 Å². The van der Waals surface area contributed by atoms with Gasteiger partial charge < -0.3 is 14.9 Å². The highest BCUT2D eigenvalue weighted by molar-refractivity contribution is 5.99. The van der Waals surface area contributed by atoms with Crippen LogP contribution in [0.25, 0.3) is 23.1 Å². The third-order valence-electron chi connectivity index (χ3n) is 3.65. The van der Waals surface area contributed by atoms with E-state index in [1.807, 2.05) is 36.4 Å². The lowest BCUT2D eigenvalue weighted by atomic mass is 10.1. The van der Waals surface area contributed by atoms with Gasteiger partial charge in [0.1, 0.15) is 16.8 Å². The molecular weight excluding hydrogens is 306 g/mol. The summed E-state index contributed by atoms with van der Waals surface area (Å²) in [6, 6.07) is 14.1. The summed E-state index contributed by atoms with van der Waals surface area (Å²) in [6.07, 6.45) is 3.68. The Morgan fingerprint density at radius 3 is 2.42 bits per heavy atom. The van der Waals surface area contributed by atoms with Gasteiger partial charge in [0.05, 0.1) is 12.8 Å². The van der Waals surface area contributed by atoms with E-state index in [1.165, 1.54) is 6.07 Å². The maximum absolute atomic E-state index is 11.1. The van der Waals surface area contributed by atoms with Crippen molar-refractivity contribution < 1.29 is 19.7 Å². The molecule has 120 valence electrons. The predicted molar refractivity (Wildman–Crippen MR) is 92.3 cm³/mol. The second-order valence-corrected chi connectivity index (χ2v) is 5.18. The number of carboxylic acid groups (broad SMARTS) is 1. The maximum atomic E-state index is 11.1. The molecule has 5 nitrogen and oxygen atoms in total. The summed E-state index contributed by atoms with van der Waals surface area (Å²) in [6.45, 7) is 0. The van der Waals surface area contributed by atoms with Crippen molar-refractivity contribution in [1.82, 2.24) is 4.98 Å². The zero-order valence-electron chi connectivity index (χ0n) is 12.9. The molecule has 0 saturated carbocycles. The third kappa shape index (κ3) is 3.05. The molecule has 3 rings (SSSR count). The first-order valence-electron chi connectivity index (χ1n) is 7.26. The zero-order valence-corrected chi connectivity index (χ0v) is 12.9. The number of aromatic hydroxyl groups is 1. The number of pyridine rings is 1. The average Bonchev–Trinajstić information content (AvgIpc) is 2.60. The second kappa shape index (κ2) is 6.42. The molecule has 0 atom stereocenters. The van der Waals surface area contributed by atoms with Gasteiger partial charge in [0.25, 0.3) is 0 Å². The molecule has 2 N–H and O–H groups in total. The van der Waals surface area contributed by atoms with E-state index in [0.717, 1.165) is 11.3 Å². The van der Waals surface area contributed by atoms with Crippen molar-refractivity contribution in [3.8, 4) is 11.5 Å². The van der Waals surface area contributed by atoms with Gasteiger partial charge in [-0.3, -0.25) is 0 Å². The molecule has 0 spiro atoms. The molecular formula is C19H15NO4. The van der Waals surface area contributed by atoms with E-state index < -0.39 is 5.97 Å². The molecule has 0 unspecified atom stereocenters. The molecule has 5 heteroatoms. The zero-order chi connectivity index (χ0) is 17.1. The van der Waals surface area contributed by atoms with Crippen molar-refractivity contribution in [3.63, 3.8) is 0 Å². The molecule has 1 aromatic heterocycles. The Labute approximate surface area is 138 Å². The van der Waals surface area contributed by atoms with Crippen molar-refractivity contribution in [2.45, 2.75) is 0 Å². The number of carbonyl (C=O) groups is 1. The van der Waals surface area contributed by atoms with Gasteiger partial charge in [0.15, 0.2) is 5.75 Å². The Balaban J connectivity index is 1.95. The summed E-state index contributed by atoms with van der Waals surface area (Å²) >= 11 is 0. The van der Waals surface area contributed by atoms with Crippen LogP contribution < -0.4 is 4.74 Å². The molecule has 0 saturated heterocycles. The topological polar surface area (TPSA) is 79.7 Å². The monoisotopic (exact) mass is 321 g/mol. The van der Waals surface area contributed by atoms with Crippen LogP contribution in [0.2, 0.25) is 0 Å². The average molecular weight is 321 g/mol. The molecule has 0 bridgehead atoms. The Morgan fingerprint density at radius 1 is 1.04 bits per heavy atom. The maximum Gasteiger partial charge on any atom is 0.339 e. The normalized spacial score (nSPS) is 11.0. The smallest absolute Gasteiger partial charge is 0.339 e. The van der Waals surface area contributed by atoms with Crippen LogP contribution in [0.4, 0.5) is 0 Å². The highest BCUT2D eigenvalue weighted by Gasteiger charge is 2.13. The summed E-state index contributed by atoms with van der Waals surface area (Å²) in [7, 11) is 1.61. The molecule has 0 radical (unpaired) electrons. The van der Waals surface area contributed by atoms with Gasteiger partial charge in [0, 0.05) is 5.39 Å². The Hall–Kier alpha value is -3.34. The van der Waals surface area contributed by atoms with Crippen LogP contribution in [0.1, 0.15) is 21.6 Å². The van der Waals surface area contributed by atoms with E-state index in [-0.39, 0.29) is 16.8 Å². The fraction of sp³-hybridized carbons (Fsp3) is 0.0526. The van der Waals surface area contributed by atoms with Crippen LogP contribution >= 0.6 is 0 Å². The number of phenols is 1. The number of ether oxygens (including phenoxy) is 1. The molecule has 1 heterocycles. The number of benzene rings is 2. The molecule has 0 aliphatic rings. The quantitative estimate of drug-likeness (QED) is 0.763. The Morgan fingerprint density at radius 2 is 1.75 bits per heavy atom. The van der Waals surface area contributed by atoms with Gasteiger partial charge in [-0.25, -0.2) is 9.78 Å².